The van der Waals surface area contributed by atoms with Gasteiger partial charge in [0, 0.05) is 0 Å². The van der Waals surface area contributed by atoms with Gasteiger partial charge >= 0.3 is 0 Å². The molecule has 0 amide bonds. The molecule has 92 valence electrons. The van der Waals surface area contributed by atoms with Crippen LogP contribution in [0.4, 0.5) is 0 Å². The molecule has 0 aromatic heterocycles. The molecule has 1 rings (SSSR count). The van der Waals surface area contributed by atoms with E-state index in [9.17, 15) is 0 Å². The summed E-state index contributed by atoms with van der Waals surface area (Å²) in [4.78, 5) is 0. The number of rotatable bonds is 10. The highest BCUT2D eigenvalue weighted by atomic mass is 14.1. The van der Waals surface area contributed by atoms with Crippen molar-refractivity contribution in [2.45, 2.75) is 77.0 Å². The fraction of sp³-hybridized carbons (Fsp3) is 0.750. The van der Waals surface area contributed by atoms with Crippen molar-refractivity contribution in [3.05, 3.63) is 24.3 Å². The van der Waals surface area contributed by atoms with Crippen molar-refractivity contribution in [3.63, 3.8) is 0 Å². The van der Waals surface area contributed by atoms with Gasteiger partial charge in [0.25, 0.3) is 0 Å². The Balaban J connectivity index is 1.76. The molecule has 0 aromatic rings. The van der Waals surface area contributed by atoms with E-state index in [1.165, 1.54) is 77.0 Å². The maximum Gasteiger partial charge on any atom is -0.0317 e. The van der Waals surface area contributed by atoms with Crippen LogP contribution < -0.4 is 0 Å². The molecule has 0 aromatic carbocycles. The summed E-state index contributed by atoms with van der Waals surface area (Å²) in [5, 5.41) is 0. The molecule has 0 radical (unpaired) electrons. The van der Waals surface area contributed by atoms with Crippen LogP contribution in [0.5, 0.6) is 0 Å². The van der Waals surface area contributed by atoms with Crippen LogP contribution in [0.3, 0.4) is 0 Å². The van der Waals surface area contributed by atoms with E-state index in [1.54, 1.807) is 5.57 Å². The predicted octanol–water partition coefficient (Wildman–Crippen LogP) is 5.79. The maximum absolute atomic E-state index is 3.75. The van der Waals surface area contributed by atoms with E-state index in [4.69, 9.17) is 0 Å². The Morgan fingerprint density at radius 1 is 1.00 bits per heavy atom. The molecule has 0 nitrogen and oxygen atoms in total. The van der Waals surface area contributed by atoms with Gasteiger partial charge in [0.05, 0.1) is 0 Å². The number of hydrogen-bond donors (Lipinski definition) is 0. The van der Waals surface area contributed by atoms with Crippen LogP contribution in [-0.2, 0) is 0 Å². The van der Waals surface area contributed by atoms with Gasteiger partial charge in [-0.2, -0.15) is 0 Å². The monoisotopic (exact) mass is 220 g/mol. The van der Waals surface area contributed by atoms with Crippen LogP contribution in [0.1, 0.15) is 77.0 Å². The molecule has 0 saturated carbocycles. The molecule has 0 heterocycles. The Morgan fingerprint density at radius 3 is 2.31 bits per heavy atom. The molecule has 0 N–H and O–H groups in total. The lowest BCUT2D eigenvalue weighted by atomic mass is 10.0. The lowest BCUT2D eigenvalue weighted by Gasteiger charge is -2.02. The second-order valence-electron chi connectivity index (χ2n) is 5.06. The second kappa shape index (κ2) is 9.69. The van der Waals surface area contributed by atoms with Crippen LogP contribution in [-0.4, -0.2) is 0 Å². The third kappa shape index (κ3) is 6.87. The zero-order valence-corrected chi connectivity index (χ0v) is 10.8. The first-order valence-corrected chi connectivity index (χ1v) is 7.22. The van der Waals surface area contributed by atoms with Crippen LogP contribution >= 0.6 is 0 Å². The van der Waals surface area contributed by atoms with E-state index in [0.717, 1.165) is 0 Å². The standard InChI is InChI=1S/C16H28/c1-2-3-4-5-6-7-8-9-10-13-16-14-11-12-15-16/h2,14H,1,3-13,15H2. The number of hydrogen-bond acceptors (Lipinski definition) is 0. The lowest BCUT2D eigenvalue weighted by molar-refractivity contribution is 0.579. The average Bonchev–Trinajstić information content (AvgIpc) is 2.80. The summed E-state index contributed by atoms with van der Waals surface area (Å²) in [6.07, 6.45) is 21.2. The Labute approximate surface area is 102 Å². The summed E-state index contributed by atoms with van der Waals surface area (Å²) in [5.41, 5.74) is 1.74. The maximum atomic E-state index is 3.75. The van der Waals surface area contributed by atoms with E-state index < -0.39 is 0 Å². The summed E-state index contributed by atoms with van der Waals surface area (Å²) in [6.45, 7) is 3.75. The second-order valence-corrected chi connectivity index (χ2v) is 5.06. The molecule has 1 aliphatic rings. The van der Waals surface area contributed by atoms with Crippen LogP contribution in [0.2, 0.25) is 0 Å². The van der Waals surface area contributed by atoms with Crippen molar-refractivity contribution >= 4 is 0 Å². The Bertz CT molecular complexity index is 200. The van der Waals surface area contributed by atoms with Crippen molar-refractivity contribution < 1.29 is 0 Å². The van der Waals surface area contributed by atoms with Gasteiger partial charge in [-0.3, -0.25) is 0 Å². The molecular weight excluding hydrogens is 192 g/mol. The first-order valence-electron chi connectivity index (χ1n) is 7.22. The first-order chi connectivity index (χ1) is 7.93. The van der Waals surface area contributed by atoms with Crippen molar-refractivity contribution in [2.75, 3.05) is 0 Å². The minimum Gasteiger partial charge on any atom is -0.103 e. The lowest BCUT2D eigenvalue weighted by Crippen LogP contribution is -1.83. The third-order valence-electron chi connectivity index (χ3n) is 3.54. The Hall–Kier alpha value is -0.520. The minimum absolute atomic E-state index is 1.20. The van der Waals surface area contributed by atoms with E-state index in [0.29, 0.717) is 0 Å². The summed E-state index contributed by atoms with van der Waals surface area (Å²) in [5.74, 6) is 0. The van der Waals surface area contributed by atoms with Crippen molar-refractivity contribution in [2.24, 2.45) is 0 Å². The molecule has 1 aliphatic carbocycles. The summed E-state index contributed by atoms with van der Waals surface area (Å²) < 4.78 is 0. The molecule has 0 atom stereocenters. The van der Waals surface area contributed by atoms with Crippen molar-refractivity contribution in [3.8, 4) is 0 Å². The molecule has 16 heavy (non-hydrogen) atoms. The first kappa shape index (κ1) is 13.5. The molecule has 0 saturated heterocycles. The zero-order valence-electron chi connectivity index (χ0n) is 10.8. The Morgan fingerprint density at radius 2 is 1.69 bits per heavy atom. The zero-order chi connectivity index (χ0) is 11.5. The topological polar surface area (TPSA) is 0 Å². The van der Waals surface area contributed by atoms with Gasteiger partial charge in [0.1, 0.15) is 0 Å². The van der Waals surface area contributed by atoms with Gasteiger partial charge in [0.15, 0.2) is 0 Å². The van der Waals surface area contributed by atoms with Crippen molar-refractivity contribution in [1.29, 1.82) is 0 Å². The Kier molecular flexibility index (Phi) is 8.20. The van der Waals surface area contributed by atoms with Gasteiger partial charge < -0.3 is 0 Å². The van der Waals surface area contributed by atoms with Gasteiger partial charge in [-0.1, -0.05) is 49.8 Å². The fourth-order valence-electron chi connectivity index (χ4n) is 2.49. The minimum atomic E-state index is 1.20. The van der Waals surface area contributed by atoms with Gasteiger partial charge in [-0.15, -0.1) is 6.58 Å². The summed E-state index contributed by atoms with van der Waals surface area (Å²) in [7, 11) is 0. The smallest absolute Gasteiger partial charge is 0.0317 e. The molecule has 0 aliphatic heterocycles. The predicted molar refractivity (Wildman–Crippen MR) is 73.7 cm³/mol. The van der Waals surface area contributed by atoms with Crippen LogP contribution in [0.25, 0.3) is 0 Å². The number of allylic oxidation sites excluding steroid dienone is 3. The normalized spacial score (nSPS) is 15.1. The van der Waals surface area contributed by atoms with Gasteiger partial charge in [-0.25, -0.2) is 0 Å². The van der Waals surface area contributed by atoms with Crippen molar-refractivity contribution in [1.82, 2.24) is 0 Å². The highest BCUT2D eigenvalue weighted by Crippen LogP contribution is 2.23. The third-order valence-corrected chi connectivity index (χ3v) is 3.54. The van der Waals surface area contributed by atoms with Crippen LogP contribution in [0.15, 0.2) is 24.3 Å². The molecule has 0 bridgehead atoms. The van der Waals surface area contributed by atoms with E-state index in [2.05, 4.69) is 12.7 Å². The molecule has 0 spiro atoms. The summed E-state index contributed by atoms with van der Waals surface area (Å²) >= 11 is 0. The molecule has 0 heteroatoms. The molecular formula is C16H28. The highest BCUT2D eigenvalue weighted by Gasteiger charge is 2.03. The largest absolute Gasteiger partial charge is 0.103 e. The highest BCUT2D eigenvalue weighted by molar-refractivity contribution is 5.06. The molecule has 0 unspecified atom stereocenters. The molecule has 0 fully saturated rings. The van der Waals surface area contributed by atoms with E-state index in [1.807, 2.05) is 6.08 Å². The quantitative estimate of drug-likeness (QED) is 0.323. The fourth-order valence-corrected chi connectivity index (χ4v) is 2.49. The number of unbranched alkanes of at least 4 members (excludes halogenated alkanes) is 7. The average molecular weight is 220 g/mol. The summed E-state index contributed by atoms with van der Waals surface area (Å²) in [6, 6.07) is 0. The van der Waals surface area contributed by atoms with E-state index >= 15 is 0 Å². The van der Waals surface area contributed by atoms with E-state index in [-0.39, 0.29) is 0 Å². The van der Waals surface area contributed by atoms with Crippen LogP contribution in [0, 0.1) is 0 Å². The SMILES string of the molecule is C=CCCCCCCCCCC1=CCCC1. The van der Waals surface area contributed by atoms with Gasteiger partial charge in [-0.05, 0) is 44.9 Å². The van der Waals surface area contributed by atoms with Gasteiger partial charge in [0.2, 0.25) is 0 Å².